The van der Waals surface area contributed by atoms with Crippen LogP contribution in [0.2, 0.25) is 0 Å². The average molecular weight is 197 g/mol. The van der Waals surface area contributed by atoms with Crippen LogP contribution in [0, 0.1) is 0 Å². The lowest BCUT2D eigenvalue weighted by Gasteiger charge is -2.06. The largest absolute Gasteiger partial charge is 0.508 e. The van der Waals surface area contributed by atoms with Crippen molar-refractivity contribution in [1.29, 1.82) is 0 Å². The van der Waals surface area contributed by atoms with E-state index in [4.69, 9.17) is 16.6 Å². The molecule has 0 heterocycles. The minimum absolute atomic E-state index is 0. The third kappa shape index (κ3) is 3.42. The van der Waals surface area contributed by atoms with Crippen LogP contribution in [0.1, 0.15) is 5.56 Å². The van der Waals surface area contributed by atoms with Gasteiger partial charge in [-0.25, -0.2) is 0 Å². The third-order valence-corrected chi connectivity index (χ3v) is 1.76. The van der Waals surface area contributed by atoms with Gasteiger partial charge < -0.3 is 22.7 Å². The summed E-state index contributed by atoms with van der Waals surface area (Å²) in [5.41, 5.74) is 11.3. The SMILES string of the molecule is N.NC(=O)C(N)Cc1ccc(O)cc1. The molecule has 14 heavy (non-hydrogen) atoms. The highest BCUT2D eigenvalue weighted by Gasteiger charge is 2.09. The summed E-state index contributed by atoms with van der Waals surface area (Å²) in [6.45, 7) is 0. The molecule has 1 amide bonds. The van der Waals surface area contributed by atoms with Crippen LogP contribution in [0.4, 0.5) is 0 Å². The van der Waals surface area contributed by atoms with Crippen molar-refractivity contribution < 1.29 is 9.90 Å². The smallest absolute Gasteiger partial charge is 0.234 e. The Morgan fingerprint density at radius 3 is 2.29 bits per heavy atom. The Bertz CT molecular complexity index is 297. The molecule has 0 aliphatic heterocycles. The zero-order valence-corrected chi connectivity index (χ0v) is 7.81. The third-order valence-electron chi connectivity index (χ3n) is 1.76. The van der Waals surface area contributed by atoms with Crippen molar-refractivity contribution in [3.63, 3.8) is 0 Å². The Labute approximate surface area is 82.3 Å². The number of carbonyl (C=O) groups is 1. The summed E-state index contributed by atoms with van der Waals surface area (Å²) in [5, 5.41) is 8.98. The Kier molecular flexibility index (Phi) is 4.62. The predicted molar refractivity (Wildman–Crippen MR) is 54.0 cm³/mol. The number of hydrogen-bond acceptors (Lipinski definition) is 4. The molecule has 5 heteroatoms. The van der Waals surface area contributed by atoms with Crippen molar-refractivity contribution in [2.24, 2.45) is 11.5 Å². The normalized spacial score (nSPS) is 11.5. The highest BCUT2D eigenvalue weighted by Crippen LogP contribution is 2.10. The maximum atomic E-state index is 10.6. The second-order valence-corrected chi connectivity index (χ2v) is 2.88. The van der Waals surface area contributed by atoms with Gasteiger partial charge in [0.25, 0.3) is 0 Å². The van der Waals surface area contributed by atoms with E-state index in [9.17, 15) is 4.79 Å². The van der Waals surface area contributed by atoms with Crippen LogP contribution in [0.5, 0.6) is 5.75 Å². The van der Waals surface area contributed by atoms with Crippen molar-refractivity contribution in [2.45, 2.75) is 12.5 Å². The topological polar surface area (TPSA) is 124 Å². The summed E-state index contributed by atoms with van der Waals surface area (Å²) in [6.07, 6.45) is 0.398. The fraction of sp³-hybridized carbons (Fsp3) is 0.222. The molecule has 5 nitrogen and oxygen atoms in total. The first-order valence-electron chi connectivity index (χ1n) is 3.92. The average Bonchev–Trinajstić information content (AvgIpc) is 2.08. The number of phenolic OH excluding ortho intramolecular Hbond substituents is 1. The highest BCUT2D eigenvalue weighted by atomic mass is 16.3. The van der Waals surface area contributed by atoms with Gasteiger partial charge in [-0.3, -0.25) is 4.79 Å². The monoisotopic (exact) mass is 197 g/mol. The molecule has 0 aliphatic rings. The second kappa shape index (κ2) is 5.21. The molecule has 0 radical (unpaired) electrons. The van der Waals surface area contributed by atoms with Gasteiger partial charge in [0.05, 0.1) is 6.04 Å². The molecule has 78 valence electrons. The number of phenols is 1. The molecule has 0 spiro atoms. The maximum Gasteiger partial charge on any atom is 0.234 e. The fourth-order valence-electron chi connectivity index (χ4n) is 0.987. The molecule has 1 atom stereocenters. The molecule has 0 bridgehead atoms. The summed E-state index contributed by atoms with van der Waals surface area (Å²) < 4.78 is 0. The summed E-state index contributed by atoms with van der Waals surface area (Å²) >= 11 is 0. The van der Waals surface area contributed by atoms with Gasteiger partial charge in [0.2, 0.25) is 5.91 Å². The summed E-state index contributed by atoms with van der Waals surface area (Å²) in [5.74, 6) is -0.329. The Morgan fingerprint density at radius 1 is 1.36 bits per heavy atom. The minimum atomic E-state index is -0.662. The molecule has 1 unspecified atom stereocenters. The fourth-order valence-corrected chi connectivity index (χ4v) is 0.987. The molecular formula is C9H15N3O2. The standard InChI is InChI=1S/C9H12N2O2.H3N/c10-8(9(11)13)5-6-1-3-7(12)4-2-6;/h1-4,8,12H,5,10H2,(H2,11,13);1H3. The Hall–Kier alpha value is -1.59. The number of nitrogens with two attached hydrogens (primary N) is 2. The second-order valence-electron chi connectivity index (χ2n) is 2.88. The van der Waals surface area contributed by atoms with Crippen LogP contribution in [0.15, 0.2) is 24.3 Å². The van der Waals surface area contributed by atoms with E-state index in [1.54, 1.807) is 24.3 Å². The zero-order chi connectivity index (χ0) is 9.84. The molecule has 0 aromatic heterocycles. The van der Waals surface area contributed by atoms with E-state index in [0.29, 0.717) is 6.42 Å². The minimum Gasteiger partial charge on any atom is -0.508 e. The van der Waals surface area contributed by atoms with E-state index in [1.807, 2.05) is 0 Å². The molecule has 1 aromatic carbocycles. The van der Waals surface area contributed by atoms with Crippen molar-refractivity contribution in [1.82, 2.24) is 6.15 Å². The first-order chi connectivity index (χ1) is 6.09. The van der Waals surface area contributed by atoms with Crippen molar-refractivity contribution in [3.8, 4) is 5.75 Å². The number of rotatable bonds is 3. The number of amides is 1. The molecule has 0 aliphatic carbocycles. The number of hydrogen-bond donors (Lipinski definition) is 4. The van der Waals surface area contributed by atoms with E-state index in [2.05, 4.69) is 0 Å². The van der Waals surface area contributed by atoms with E-state index in [0.717, 1.165) is 5.56 Å². The van der Waals surface area contributed by atoms with Crippen LogP contribution < -0.4 is 17.6 Å². The van der Waals surface area contributed by atoms with E-state index in [1.165, 1.54) is 0 Å². The number of primary amides is 1. The lowest BCUT2D eigenvalue weighted by atomic mass is 10.1. The lowest BCUT2D eigenvalue weighted by molar-refractivity contribution is -0.119. The van der Waals surface area contributed by atoms with Gasteiger partial charge in [0, 0.05) is 0 Å². The van der Waals surface area contributed by atoms with Gasteiger partial charge in [0.1, 0.15) is 5.75 Å². The Balaban J connectivity index is 0.00000169. The van der Waals surface area contributed by atoms with Crippen molar-refractivity contribution in [2.75, 3.05) is 0 Å². The molecule has 0 fully saturated rings. The van der Waals surface area contributed by atoms with Crippen LogP contribution in [-0.2, 0) is 11.2 Å². The maximum absolute atomic E-state index is 10.6. The van der Waals surface area contributed by atoms with E-state index < -0.39 is 11.9 Å². The van der Waals surface area contributed by atoms with Gasteiger partial charge >= 0.3 is 0 Å². The number of carbonyl (C=O) groups excluding carboxylic acids is 1. The van der Waals surface area contributed by atoms with Gasteiger partial charge in [-0.2, -0.15) is 0 Å². The number of benzene rings is 1. The summed E-state index contributed by atoms with van der Waals surface area (Å²) in [7, 11) is 0. The predicted octanol–water partition coefficient (Wildman–Crippen LogP) is -0.0907. The van der Waals surface area contributed by atoms with Gasteiger partial charge in [-0.15, -0.1) is 0 Å². The van der Waals surface area contributed by atoms with Gasteiger partial charge in [-0.1, -0.05) is 12.1 Å². The van der Waals surface area contributed by atoms with Gasteiger partial charge in [-0.05, 0) is 24.1 Å². The molecular weight excluding hydrogens is 182 g/mol. The summed E-state index contributed by atoms with van der Waals surface area (Å²) in [6, 6.07) is 5.84. The Morgan fingerprint density at radius 2 is 1.86 bits per heavy atom. The lowest BCUT2D eigenvalue weighted by Crippen LogP contribution is -2.38. The first-order valence-corrected chi connectivity index (χ1v) is 3.92. The van der Waals surface area contributed by atoms with Crippen LogP contribution in [-0.4, -0.2) is 17.1 Å². The van der Waals surface area contributed by atoms with Gasteiger partial charge in [0.15, 0.2) is 0 Å². The van der Waals surface area contributed by atoms with Crippen LogP contribution in [0.25, 0.3) is 0 Å². The van der Waals surface area contributed by atoms with Crippen LogP contribution >= 0.6 is 0 Å². The highest BCUT2D eigenvalue weighted by molar-refractivity contribution is 5.79. The first kappa shape index (κ1) is 12.4. The molecule has 8 N–H and O–H groups in total. The summed E-state index contributed by atoms with van der Waals surface area (Å²) in [4.78, 5) is 10.6. The molecule has 1 aromatic rings. The molecule has 1 rings (SSSR count). The van der Waals surface area contributed by atoms with Crippen molar-refractivity contribution >= 4 is 5.91 Å². The number of aromatic hydroxyl groups is 1. The zero-order valence-electron chi connectivity index (χ0n) is 7.81. The van der Waals surface area contributed by atoms with E-state index >= 15 is 0 Å². The molecule has 0 saturated heterocycles. The van der Waals surface area contributed by atoms with E-state index in [-0.39, 0.29) is 11.9 Å². The quantitative estimate of drug-likeness (QED) is 0.540. The molecule has 0 saturated carbocycles. The van der Waals surface area contributed by atoms with Crippen LogP contribution in [0.3, 0.4) is 0 Å². The van der Waals surface area contributed by atoms with Crippen molar-refractivity contribution in [3.05, 3.63) is 29.8 Å².